The molecule has 0 amide bonds. The maximum absolute atomic E-state index is 9.20. The summed E-state index contributed by atoms with van der Waals surface area (Å²) in [4.78, 5) is 2.46. The fourth-order valence-corrected chi connectivity index (χ4v) is 2.94. The molecule has 1 N–H and O–H groups in total. The molecule has 1 aromatic rings. The number of nitrogens with zero attached hydrogens (tertiary/aromatic N) is 1. The number of methoxy groups -OCH3 is 1. The highest BCUT2D eigenvalue weighted by Gasteiger charge is 2.21. The number of benzene rings is 1. The molecule has 1 aromatic carbocycles. The first-order chi connectivity index (χ1) is 9.33. The zero-order valence-electron chi connectivity index (χ0n) is 11.8. The quantitative estimate of drug-likeness (QED) is 0.820. The third-order valence-corrected chi connectivity index (χ3v) is 4.08. The van der Waals surface area contributed by atoms with E-state index < -0.39 is 0 Å². The zero-order chi connectivity index (χ0) is 13.5. The van der Waals surface area contributed by atoms with Gasteiger partial charge in [-0.15, -0.1) is 0 Å². The van der Waals surface area contributed by atoms with Gasteiger partial charge in [-0.25, -0.2) is 0 Å². The van der Waals surface area contributed by atoms with Gasteiger partial charge in [0.2, 0.25) is 0 Å². The molecule has 0 atom stereocenters. The molecule has 1 aliphatic rings. The van der Waals surface area contributed by atoms with Crippen LogP contribution in [0, 0.1) is 0 Å². The van der Waals surface area contributed by atoms with E-state index in [1.54, 1.807) is 7.11 Å². The van der Waals surface area contributed by atoms with Crippen molar-refractivity contribution >= 4 is 0 Å². The first-order valence-electron chi connectivity index (χ1n) is 7.31. The van der Waals surface area contributed by atoms with Crippen molar-refractivity contribution < 1.29 is 9.84 Å². The summed E-state index contributed by atoms with van der Waals surface area (Å²) in [5.41, 5.74) is 1.33. The Balaban J connectivity index is 1.86. The highest BCUT2D eigenvalue weighted by Crippen LogP contribution is 2.23. The number of rotatable bonds is 7. The van der Waals surface area contributed by atoms with Gasteiger partial charge < -0.3 is 9.84 Å². The van der Waals surface area contributed by atoms with Crippen LogP contribution in [-0.2, 0) is 6.42 Å². The molecule has 0 heterocycles. The summed E-state index contributed by atoms with van der Waals surface area (Å²) in [6.07, 6.45) is 6.32. The first-order valence-corrected chi connectivity index (χ1v) is 7.31. The molecule has 3 nitrogen and oxygen atoms in total. The van der Waals surface area contributed by atoms with Crippen LogP contribution < -0.4 is 4.74 Å². The fraction of sp³-hybridized carbons (Fsp3) is 0.625. The van der Waals surface area contributed by atoms with E-state index in [-0.39, 0.29) is 6.61 Å². The maximum atomic E-state index is 9.20. The second-order valence-corrected chi connectivity index (χ2v) is 5.30. The van der Waals surface area contributed by atoms with Crippen molar-refractivity contribution in [1.82, 2.24) is 4.90 Å². The number of hydrogen-bond donors (Lipinski definition) is 1. The molecule has 0 radical (unpaired) electrons. The Hall–Kier alpha value is -1.06. The molecule has 0 aromatic heterocycles. The lowest BCUT2D eigenvalue weighted by atomic mass is 10.1. The topological polar surface area (TPSA) is 32.7 Å². The van der Waals surface area contributed by atoms with E-state index in [1.807, 2.05) is 12.1 Å². The van der Waals surface area contributed by atoms with Crippen molar-refractivity contribution in [2.45, 2.75) is 38.1 Å². The lowest BCUT2D eigenvalue weighted by molar-refractivity contribution is 0.153. The SMILES string of the molecule is COc1ccc(CCN(CCO)C2CCCC2)cc1. The number of aliphatic hydroxyl groups is 1. The smallest absolute Gasteiger partial charge is 0.118 e. The van der Waals surface area contributed by atoms with Crippen LogP contribution in [0.1, 0.15) is 31.2 Å². The summed E-state index contributed by atoms with van der Waals surface area (Å²) in [5, 5.41) is 9.20. The molecule has 0 saturated heterocycles. The third kappa shape index (κ3) is 4.22. The van der Waals surface area contributed by atoms with Crippen LogP contribution in [0.15, 0.2) is 24.3 Å². The van der Waals surface area contributed by atoms with Gasteiger partial charge in [0.05, 0.1) is 13.7 Å². The van der Waals surface area contributed by atoms with Gasteiger partial charge in [-0.05, 0) is 37.0 Å². The molecule has 1 fully saturated rings. The minimum Gasteiger partial charge on any atom is -0.497 e. The van der Waals surface area contributed by atoms with Crippen LogP contribution in [0.2, 0.25) is 0 Å². The first kappa shape index (κ1) is 14.4. The van der Waals surface area contributed by atoms with Crippen molar-refractivity contribution in [3.8, 4) is 5.75 Å². The molecule has 2 rings (SSSR count). The lowest BCUT2D eigenvalue weighted by Crippen LogP contribution is -2.37. The van der Waals surface area contributed by atoms with Crippen molar-refractivity contribution in [3.05, 3.63) is 29.8 Å². The summed E-state index contributed by atoms with van der Waals surface area (Å²) < 4.78 is 5.17. The molecule has 3 heteroatoms. The monoisotopic (exact) mass is 263 g/mol. The highest BCUT2D eigenvalue weighted by molar-refractivity contribution is 5.27. The highest BCUT2D eigenvalue weighted by atomic mass is 16.5. The second kappa shape index (κ2) is 7.51. The molecule has 0 spiro atoms. The van der Waals surface area contributed by atoms with Crippen molar-refractivity contribution in [2.75, 3.05) is 26.8 Å². The van der Waals surface area contributed by atoms with Crippen molar-refractivity contribution in [2.24, 2.45) is 0 Å². The molecule has 106 valence electrons. The molecule has 0 unspecified atom stereocenters. The Labute approximate surface area is 116 Å². The Morgan fingerprint density at radius 2 is 1.84 bits per heavy atom. The summed E-state index contributed by atoms with van der Waals surface area (Å²) in [5.74, 6) is 0.909. The zero-order valence-corrected chi connectivity index (χ0v) is 11.8. The minimum absolute atomic E-state index is 0.263. The van der Waals surface area contributed by atoms with Gasteiger partial charge in [0.1, 0.15) is 5.75 Å². The van der Waals surface area contributed by atoms with Gasteiger partial charge in [0.15, 0.2) is 0 Å². The molecule has 19 heavy (non-hydrogen) atoms. The van der Waals surface area contributed by atoms with Crippen molar-refractivity contribution in [3.63, 3.8) is 0 Å². The van der Waals surface area contributed by atoms with Crippen molar-refractivity contribution in [1.29, 1.82) is 0 Å². The molecular formula is C16H25NO2. The second-order valence-electron chi connectivity index (χ2n) is 5.30. The Morgan fingerprint density at radius 1 is 1.16 bits per heavy atom. The number of aliphatic hydroxyl groups excluding tert-OH is 1. The van der Waals surface area contributed by atoms with Gasteiger partial charge in [-0.3, -0.25) is 4.90 Å². The Morgan fingerprint density at radius 3 is 2.42 bits per heavy atom. The van der Waals surface area contributed by atoms with Gasteiger partial charge in [-0.1, -0.05) is 25.0 Å². The summed E-state index contributed by atoms with van der Waals surface area (Å²) in [6, 6.07) is 8.98. The largest absolute Gasteiger partial charge is 0.497 e. The average Bonchev–Trinajstić information content (AvgIpc) is 2.98. The van der Waals surface area contributed by atoms with Crippen LogP contribution in [-0.4, -0.2) is 42.9 Å². The summed E-state index contributed by atoms with van der Waals surface area (Å²) in [6.45, 7) is 2.11. The van der Waals surface area contributed by atoms with Gasteiger partial charge in [-0.2, -0.15) is 0 Å². The lowest BCUT2D eigenvalue weighted by Gasteiger charge is -2.28. The molecule has 1 saturated carbocycles. The van der Waals surface area contributed by atoms with Crippen LogP contribution in [0.3, 0.4) is 0 Å². The predicted octanol–water partition coefficient (Wildman–Crippen LogP) is 2.47. The maximum Gasteiger partial charge on any atom is 0.118 e. The van der Waals surface area contributed by atoms with E-state index in [0.29, 0.717) is 6.04 Å². The van der Waals surface area contributed by atoms with Gasteiger partial charge in [0.25, 0.3) is 0 Å². The number of ether oxygens (including phenoxy) is 1. The molecule has 1 aliphatic carbocycles. The van der Waals surface area contributed by atoms with Crippen LogP contribution in [0.25, 0.3) is 0 Å². The number of hydrogen-bond acceptors (Lipinski definition) is 3. The Kier molecular flexibility index (Phi) is 5.67. The van der Waals surface area contributed by atoms with Gasteiger partial charge in [0, 0.05) is 19.1 Å². The summed E-state index contributed by atoms with van der Waals surface area (Å²) >= 11 is 0. The average molecular weight is 263 g/mol. The fourth-order valence-electron chi connectivity index (χ4n) is 2.94. The molecule has 0 bridgehead atoms. The standard InChI is InChI=1S/C16H25NO2/c1-19-16-8-6-14(7-9-16)10-11-17(12-13-18)15-4-2-3-5-15/h6-9,15,18H,2-5,10-13H2,1H3. The van der Waals surface area contributed by atoms with Crippen LogP contribution in [0.5, 0.6) is 5.75 Å². The summed E-state index contributed by atoms with van der Waals surface area (Å²) in [7, 11) is 1.69. The van der Waals surface area contributed by atoms with E-state index in [9.17, 15) is 5.11 Å². The van der Waals surface area contributed by atoms with E-state index in [1.165, 1.54) is 31.2 Å². The normalized spacial score (nSPS) is 16.2. The molecular weight excluding hydrogens is 238 g/mol. The van der Waals surface area contributed by atoms with E-state index >= 15 is 0 Å². The predicted molar refractivity (Wildman–Crippen MR) is 77.6 cm³/mol. The van der Waals surface area contributed by atoms with Crippen LogP contribution >= 0.6 is 0 Å². The van der Waals surface area contributed by atoms with E-state index in [4.69, 9.17) is 4.74 Å². The molecule has 0 aliphatic heterocycles. The van der Waals surface area contributed by atoms with E-state index in [2.05, 4.69) is 17.0 Å². The van der Waals surface area contributed by atoms with Gasteiger partial charge >= 0.3 is 0 Å². The van der Waals surface area contributed by atoms with Crippen LogP contribution in [0.4, 0.5) is 0 Å². The third-order valence-electron chi connectivity index (χ3n) is 4.08. The minimum atomic E-state index is 0.263. The van der Waals surface area contributed by atoms with E-state index in [0.717, 1.165) is 25.3 Å². The Bertz CT molecular complexity index is 358.